The Kier molecular flexibility index (Phi) is 7.44. The van der Waals surface area contributed by atoms with Crippen molar-refractivity contribution in [3.05, 3.63) is 181 Å². The third-order valence-electron chi connectivity index (χ3n) is 8.13. The maximum absolute atomic E-state index is 5.99. The minimum Gasteiger partial charge on any atom is -0.115 e. The van der Waals surface area contributed by atoms with E-state index in [1.165, 1.54) is 33.4 Å². The molecule has 206 valence electrons. The van der Waals surface area contributed by atoms with Crippen LogP contribution in [0.3, 0.4) is 0 Å². The molecule has 0 unspecified atom stereocenters. The van der Waals surface area contributed by atoms with Gasteiger partial charge in [0.2, 0.25) is 0 Å². The molecule has 0 saturated carbocycles. The zero-order valence-electron chi connectivity index (χ0n) is 24.3. The Morgan fingerprint density at radius 3 is 0.795 bits per heavy atom. The van der Waals surface area contributed by atoms with Crippen LogP contribution in [0.4, 0.5) is 0 Å². The van der Waals surface area contributed by atoms with Gasteiger partial charge in [0.25, 0.3) is 0 Å². The highest BCUT2D eigenvalue weighted by Crippen LogP contribution is 2.55. The van der Waals surface area contributed by atoms with Gasteiger partial charge in [-0.1, -0.05) is 170 Å². The fourth-order valence-electron chi connectivity index (χ4n) is 6.27. The monoisotopic (exact) mass is 558 g/mol. The van der Waals surface area contributed by atoms with Gasteiger partial charge in [-0.2, -0.15) is 0 Å². The van der Waals surface area contributed by atoms with E-state index in [2.05, 4.69) is 176 Å². The lowest BCUT2D eigenvalue weighted by molar-refractivity contribution is 1.51. The van der Waals surface area contributed by atoms with Crippen molar-refractivity contribution < 1.29 is 0 Å². The molecule has 0 aliphatic carbocycles. The van der Waals surface area contributed by atoms with Gasteiger partial charge >= 0.3 is 0 Å². The molecule has 0 aliphatic heterocycles. The van der Waals surface area contributed by atoms with Crippen molar-refractivity contribution >= 4 is 0 Å². The predicted octanol–water partition coefficient (Wildman–Crippen LogP) is 11.7. The van der Waals surface area contributed by atoms with Crippen molar-refractivity contribution in [2.45, 2.75) is 0 Å². The molecule has 0 heterocycles. The topological polar surface area (TPSA) is 0 Å². The number of terminal acetylenes is 1. The van der Waals surface area contributed by atoms with Crippen LogP contribution in [-0.2, 0) is 0 Å². The minimum atomic E-state index is 0.857. The molecule has 7 aromatic carbocycles. The van der Waals surface area contributed by atoms with Crippen LogP contribution >= 0.6 is 0 Å². The largest absolute Gasteiger partial charge is 0.115 e. The third-order valence-corrected chi connectivity index (χ3v) is 8.13. The standard InChI is InChI=1S/C44H30/c1-2-32-19-18-30-38(31-32)44-42(36-26-14-6-15-27-36)40(34-22-10-4-11-23-34)39(33-20-8-3-9-21-33)41(35-24-12-5-13-25-35)43(44)37-28-16-7-17-29-37/h1,3-31H. The van der Waals surface area contributed by atoms with E-state index in [-0.39, 0.29) is 0 Å². The summed E-state index contributed by atoms with van der Waals surface area (Å²) in [6.07, 6.45) is 5.99. The highest BCUT2D eigenvalue weighted by atomic mass is 14.3. The van der Waals surface area contributed by atoms with Crippen LogP contribution in [0.2, 0.25) is 0 Å². The van der Waals surface area contributed by atoms with Crippen molar-refractivity contribution in [2.24, 2.45) is 0 Å². The molecule has 0 radical (unpaired) electrons. The Morgan fingerprint density at radius 1 is 0.273 bits per heavy atom. The van der Waals surface area contributed by atoms with E-state index in [0.29, 0.717) is 0 Å². The molecule has 0 aliphatic rings. The second-order valence-electron chi connectivity index (χ2n) is 10.8. The van der Waals surface area contributed by atoms with Crippen molar-refractivity contribution in [1.29, 1.82) is 0 Å². The fraction of sp³-hybridized carbons (Fsp3) is 0. The quantitative estimate of drug-likeness (QED) is 0.178. The molecular weight excluding hydrogens is 528 g/mol. The Morgan fingerprint density at radius 2 is 0.523 bits per heavy atom. The molecule has 7 rings (SSSR count). The van der Waals surface area contributed by atoms with Crippen molar-refractivity contribution in [3.8, 4) is 79.1 Å². The van der Waals surface area contributed by atoms with Crippen LogP contribution in [0.15, 0.2) is 176 Å². The lowest BCUT2D eigenvalue weighted by Gasteiger charge is -2.28. The zero-order valence-corrected chi connectivity index (χ0v) is 24.3. The summed E-state index contributed by atoms with van der Waals surface area (Å²) in [6.45, 7) is 0. The first kappa shape index (κ1) is 27.0. The zero-order chi connectivity index (χ0) is 29.7. The van der Waals surface area contributed by atoms with Crippen LogP contribution in [0.5, 0.6) is 0 Å². The number of hydrogen-bond donors (Lipinski definition) is 0. The number of rotatable bonds is 6. The maximum Gasteiger partial charge on any atom is 0.0248 e. The molecule has 0 amide bonds. The van der Waals surface area contributed by atoms with E-state index in [4.69, 9.17) is 6.42 Å². The normalized spacial score (nSPS) is 10.7. The van der Waals surface area contributed by atoms with E-state index in [1.807, 2.05) is 6.07 Å². The van der Waals surface area contributed by atoms with Gasteiger partial charge in [-0.25, -0.2) is 0 Å². The molecule has 0 nitrogen and oxygen atoms in total. The molecule has 44 heavy (non-hydrogen) atoms. The summed E-state index contributed by atoms with van der Waals surface area (Å²) in [4.78, 5) is 0. The van der Waals surface area contributed by atoms with Crippen molar-refractivity contribution in [3.63, 3.8) is 0 Å². The van der Waals surface area contributed by atoms with Gasteiger partial charge in [-0.3, -0.25) is 0 Å². The Labute approximate surface area is 260 Å². The van der Waals surface area contributed by atoms with Crippen LogP contribution in [-0.4, -0.2) is 0 Å². The first-order chi connectivity index (χ1) is 21.8. The second kappa shape index (κ2) is 12.1. The van der Waals surface area contributed by atoms with Gasteiger partial charge < -0.3 is 0 Å². The molecule has 0 spiro atoms. The summed E-state index contributed by atoms with van der Waals surface area (Å²) in [5.74, 6) is 2.89. The third kappa shape index (κ3) is 5.02. The molecule has 0 fully saturated rings. The van der Waals surface area contributed by atoms with E-state index in [1.54, 1.807) is 0 Å². The van der Waals surface area contributed by atoms with E-state index in [0.717, 1.165) is 38.9 Å². The van der Waals surface area contributed by atoms with Crippen LogP contribution < -0.4 is 0 Å². The first-order valence-electron chi connectivity index (χ1n) is 14.9. The van der Waals surface area contributed by atoms with Gasteiger partial charge in [0.05, 0.1) is 0 Å². The number of benzene rings is 7. The molecule has 0 aromatic heterocycles. The first-order valence-corrected chi connectivity index (χ1v) is 14.9. The van der Waals surface area contributed by atoms with Crippen molar-refractivity contribution in [2.75, 3.05) is 0 Å². The van der Waals surface area contributed by atoms with E-state index >= 15 is 0 Å². The highest BCUT2D eigenvalue weighted by molar-refractivity contribution is 6.15. The molecular formula is C44H30. The fourth-order valence-corrected chi connectivity index (χ4v) is 6.27. The molecule has 7 aromatic rings. The van der Waals surface area contributed by atoms with Gasteiger partial charge in [-0.15, -0.1) is 6.42 Å². The Hall–Kier alpha value is -5.90. The minimum absolute atomic E-state index is 0.857. The van der Waals surface area contributed by atoms with Crippen molar-refractivity contribution in [1.82, 2.24) is 0 Å². The lowest BCUT2D eigenvalue weighted by atomic mass is 9.74. The smallest absolute Gasteiger partial charge is 0.0248 e. The second-order valence-corrected chi connectivity index (χ2v) is 10.8. The van der Waals surface area contributed by atoms with Gasteiger partial charge in [0, 0.05) is 5.56 Å². The summed E-state index contributed by atoms with van der Waals surface area (Å²) in [5, 5.41) is 0. The molecule has 0 bridgehead atoms. The SMILES string of the molecule is C#Cc1cccc(-c2c(-c3ccccc3)c(-c3ccccc3)c(-c3ccccc3)c(-c3ccccc3)c2-c2ccccc2)c1. The Bertz CT molecular complexity index is 1960. The summed E-state index contributed by atoms with van der Waals surface area (Å²) < 4.78 is 0. The van der Waals surface area contributed by atoms with E-state index < -0.39 is 0 Å². The predicted molar refractivity (Wildman–Crippen MR) is 187 cm³/mol. The average Bonchev–Trinajstić information content (AvgIpc) is 3.12. The Balaban J connectivity index is 1.82. The van der Waals surface area contributed by atoms with Crippen LogP contribution in [0.1, 0.15) is 5.56 Å². The van der Waals surface area contributed by atoms with Gasteiger partial charge in [0.15, 0.2) is 0 Å². The lowest BCUT2D eigenvalue weighted by Crippen LogP contribution is -2.02. The molecule has 0 saturated heterocycles. The van der Waals surface area contributed by atoms with Gasteiger partial charge in [-0.05, 0) is 78.9 Å². The maximum atomic E-state index is 5.99. The summed E-state index contributed by atoms with van der Waals surface area (Å²) in [6, 6.07) is 62.4. The average molecular weight is 559 g/mol. The summed E-state index contributed by atoms with van der Waals surface area (Å²) in [7, 11) is 0. The van der Waals surface area contributed by atoms with Crippen LogP contribution in [0, 0.1) is 12.3 Å². The highest BCUT2D eigenvalue weighted by Gasteiger charge is 2.28. The van der Waals surface area contributed by atoms with E-state index in [9.17, 15) is 0 Å². The van der Waals surface area contributed by atoms with Crippen LogP contribution in [0.25, 0.3) is 66.8 Å². The summed E-state index contributed by atoms with van der Waals surface area (Å²) in [5.41, 5.74) is 14.9. The summed E-state index contributed by atoms with van der Waals surface area (Å²) >= 11 is 0. The molecule has 0 N–H and O–H groups in total. The number of hydrogen-bond acceptors (Lipinski definition) is 0. The molecule has 0 atom stereocenters. The van der Waals surface area contributed by atoms with Gasteiger partial charge in [0.1, 0.15) is 0 Å². The molecule has 0 heteroatoms.